The number of anilines is 2. The molecule has 0 bridgehead atoms. The standard InChI is InChI=1S/C22H19ClF4N6O/c1-11-7-17(28)31-19(18(11)22(25,26)27)13-9-16-14(8-15(13)23)20(30-10-29-16)32-3-5-33(6-4-32)21(34)12(2)24/h7-10H,2-6H2,1H3,(H2,28,31). The molecule has 3 heterocycles. The number of hydrogen-bond acceptors (Lipinski definition) is 6. The molecule has 0 saturated carbocycles. The van der Waals surface area contributed by atoms with Gasteiger partial charge < -0.3 is 15.5 Å². The lowest BCUT2D eigenvalue weighted by Gasteiger charge is -2.35. The molecule has 178 valence electrons. The number of fused-ring (bicyclic) bond motifs is 1. The summed E-state index contributed by atoms with van der Waals surface area (Å²) < 4.78 is 54.6. The number of amides is 1. The average molecular weight is 495 g/mol. The molecule has 1 saturated heterocycles. The maximum atomic E-state index is 13.8. The van der Waals surface area contributed by atoms with Gasteiger partial charge in [0.2, 0.25) is 0 Å². The number of piperazine rings is 1. The lowest BCUT2D eigenvalue weighted by Crippen LogP contribution is -2.49. The van der Waals surface area contributed by atoms with Crippen LogP contribution in [0.3, 0.4) is 0 Å². The summed E-state index contributed by atoms with van der Waals surface area (Å²) in [6.07, 6.45) is -3.38. The zero-order chi connectivity index (χ0) is 24.8. The topological polar surface area (TPSA) is 88.2 Å². The summed E-state index contributed by atoms with van der Waals surface area (Å²) in [6, 6.07) is 4.07. The van der Waals surface area contributed by atoms with E-state index in [9.17, 15) is 22.4 Å². The fourth-order valence-corrected chi connectivity index (χ4v) is 4.29. The Morgan fingerprint density at radius 1 is 1.15 bits per heavy atom. The number of carbonyl (C=O) groups is 1. The van der Waals surface area contributed by atoms with Crippen LogP contribution in [0.15, 0.2) is 36.9 Å². The molecule has 4 rings (SSSR count). The minimum absolute atomic E-state index is 0.0223. The van der Waals surface area contributed by atoms with E-state index in [1.807, 2.05) is 4.90 Å². The molecule has 1 aliphatic rings. The molecular formula is C22H19ClF4N6O. The number of nitrogen functional groups attached to an aromatic ring is 1. The quantitative estimate of drug-likeness (QED) is 0.429. The maximum absolute atomic E-state index is 13.8. The highest BCUT2D eigenvalue weighted by atomic mass is 35.5. The summed E-state index contributed by atoms with van der Waals surface area (Å²) in [7, 11) is 0. The molecule has 2 N–H and O–H groups in total. The molecule has 0 atom stereocenters. The lowest BCUT2D eigenvalue weighted by molar-refractivity contribution is -0.137. The molecular weight excluding hydrogens is 476 g/mol. The summed E-state index contributed by atoms with van der Waals surface area (Å²) in [5.74, 6) is -1.35. The number of carbonyl (C=O) groups excluding carboxylic acids is 1. The van der Waals surface area contributed by atoms with Gasteiger partial charge in [0.1, 0.15) is 18.0 Å². The predicted molar refractivity (Wildman–Crippen MR) is 121 cm³/mol. The van der Waals surface area contributed by atoms with Gasteiger partial charge in [-0.2, -0.15) is 13.2 Å². The van der Waals surface area contributed by atoms with Gasteiger partial charge in [0.25, 0.3) is 5.91 Å². The van der Waals surface area contributed by atoms with Crippen LogP contribution >= 0.6 is 11.6 Å². The maximum Gasteiger partial charge on any atom is 0.418 e. The van der Waals surface area contributed by atoms with Crippen LogP contribution in [0.25, 0.3) is 22.2 Å². The third-order valence-corrected chi connectivity index (χ3v) is 5.89. The van der Waals surface area contributed by atoms with Crippen LogP contribution < -0.4 is 10.6 Å². The number of halogens is 5. The minimum atomic E-state index is -4.67. The lowest BCUT2D eigenvalue weighted by atomic mass is 9.99. The van der Waals surface area contributed by atoms with Crippen molar-refractivity contribution >= 4 is 40.0 Å². The van der Waals surface area contributed by atoms with Crippen molar-refractivity contribution < 1.29 is 22.4 Å². The Hall–Kier alpha value is -3.47. The van der Waals surface area contributed by atoms with Crippen LogP contribution in [0.2, 0.25) is 5.02 Å². The summed E-state index contributed by atoms with van der Waals surface area (Å²) >= 11 is 6.45. The Balaban J connectivity index is 1.76. The van der Waals surface area contributed by atoms with E-state index in [-0.39, 0.29) is 40.8 Å². The molecule has 3 aromatic rings. The van der Waals surface area contributed by atoms with E-state index >= 15 is 0 Å². The van der Waals surface area contributed by atoms with Crippen LogP contribution in [-0.4, -0.2) is 51.9 Å². The van der Waals surface area contributed by atoms with E-state index in [1.54, 1.807) is 0 Å². The van der Waals surface area contributed by atoms with E-state index in [2.05, 4.69) is 21.5 Å². The molecule has 0 spiro atoms. The van der Waals surface area contributed by atoms with Gasteiger partial charge in [-0.3, -0.25) is 4.79 Å². The second-order valence-electron chi connectivity index (χ2n) is 7.82. The van der Waals surface area contributed by atoms with Crippen LogP contribution in [-0.2, 0) is 11.0 Å². The molecule has 12 heteroatoms. The highest BCUT2D eigenvalue weighted by Gasteiger charge is 2.37. The number of nitrogens with two attached hydrogens (primary N) is 1. The zero-order valence-electron chi connectivity index (χ0n) is 18.0. The Labute approximate surface area is 196 Å². The van der Waals surface area contributed by atoms with E-state index in [0.717, 1.165) is 6.07 Å². The SMILES string of the molecule is C=C(F)C(=O)N1CCN(c2ncnc3cc(-c4nc(N)cc(C)c4C(F)(F)F)c(Cl)cc23)CC1. The van der Waals surface area contributed by atoms with E-state index in [0.29, 0.717) is 29.8 Å². The van der Waals surface area contributed by atoms with Gasteiger partial charge in [0.15, 0.2) is 5.83 Å². The first-order valence-electron chi connectivity index (χ1n) is 10.1. The summed E-state index contributed by atoms with van der Waals surface area (Å²) in [6.45, 7) is 5.56. The first-order valence-corrected chi connectivity index (χ1v) is 10.5. The van der Waals surface area contributed by atoms with Crippen molar-refractivity contribution in [2.45, 2.75) is 13.1 Å². The van der Waals surface area contributed by atoms with E-state index in [4.69, 9.17) is 17.3 Å². The predicted octanol–water partition coefficient (Wildman–Crippen LogP) is 4.39. The summed E-state index contributed by atoms with van der Waals surface area (Å²) in [5.41, 5.74) is 4.76. The van der Waals surface area contributed by atoms with E-state index in [1.165, 1.54) is 30.3 Å². The Morgan fingerprint density at radius 2 is 1.82 bits per heavy atom. The van der Waals surface area contributed by atoms with Crippen LogP contribution in [0, 0.1) is 6.92 Å². The van der Waals surface area contributed by atoms with Crippen molar-refractivity contribution in [3.63, 3.8) is 0 Å². The first-order chi connectivity index (χ1) is 16.0. The monoisotopic (exact) mass is 494 g/mol. The van der Waals surface area contributed by atoms with Crippen molar-refractivity contribution in [2.24, 2.45) is 0 Å². The summed E-state index contributed by atoms with van der Waals surface area (Å²) in [4.78, 5) is 27.5. The highest BCUT2D eigenvalue weighted by Crippen LogP contribution is 2.42. The highest BCUT2D eigenvalue weighted by molar-refractivity contribution is 6.34. The molecule has 1 amide bonds. The molecule has 0 radical (unpaired) electrons. The second kappa shape index (κ2) is 8.71. The van der Waals surface area contributed by atoms with Crippen LogP contribution in [0.1, 0.15) is 11.1 Å². The number of aryl methyl sites for hydroxylation is 1. The van der Waals surface area contributed by atoms with Crippen molar-refractivity contribution in [3.05, 3.63) is 53.1 Å². The van der Waals surface area contributed by atoms with Crippen molar-refractivity contribution in [3.8, 4) is 11.3 Å². The van der Waals surface area contributed by atoms with Crippen LogP contribution in [0.5, 0.6) is 0 Å². The molecule has 34 heavy (non-hydrogen) atoms. The number of hydrogen-bond donors (Lipinski definition) is 1. The molecule has 0 aliphatic carbocycles. The van der Waals surface area contributed by atoms with Gasteiger partial charge in [-0.15, -0.1) is 0 Å². The molecule has 0 unspecified atom stereocenters. The van der Waals surface area contributed by atoms with Crippen molar-refractivity contribution in [1.82, 2.24) is 19.9 Å². The zero-order valence-corrected chi connectivity index (χ0v) is 18.7. The third-order valence-electron chi connectivity index (χ3n) is 5.58. The smallest absolute Gasteiger partial charge is 0.384 e. The van der Waals surface area contributed by atoms with Gasteiger partial charge in [0.05, 0.1) is 21.8 Å². The van der Waals surface area contributed by atoms with Gasteiger partial charge in [-0.05, 0) is 30.7 Å². The third kappa shape index (κ3) is 4.35. The Morgan fingerprint density at radius 3 is 2.44 bits per heavy atom. The normalized spacial score (nSPS) is 14.5. The number of benzene rings is 1. The number of alkyl halides is 3. The van der Waals surface area contributed by atoms with Crippen LogP contribution in [0.4, 0.5) is 29.2 Å². The Bertz CT molecular complexity index is 1300. The number of rotatable bonds is 3. The molecule has 1 fully saturated rings. The number of aromatic nitrogens is 3. The number of pyridine rings is 1. The number of nitrogens with zero attached hydrogens (tertiary/aromatic N) is 5. The molecule has 1 aromatic carbocycles. The Kier molecular flexibility index (Phi) is 6.07. The minimum Gasteiger partial charge on any atom is -0.384 e. The molecule has 1 aliphatic heterocycles. The van der Waals surface area contributed by atoms with Crippen molar-refractivity contribution in [1.29, 1.82) is 0 Å². The fraction of sp³-hybridized carbons (Fsp3) is 0.273. The van der Waals surface area contributed by atoms with Gasteiger partial charge in [0, 0.05) is 37.1 Å². The summed E-state index contributed by atoms with van der Waals surface area (Å²) in [5, 5.41) is 0.536. The fourth-order valence-electron chi connectivity index (χ4n) is 4.04. The second-order valence-corrected chi connectivity index (χ2v) is 8.22. The van der Waals surface area contributed by atoms with Gasteiger partial charge >= 0.3 is 6.18 Å². The van der Waals surface area contributed by atoms with E-state index < -0.39 is 23.5 Å². The molecule has 7 nitrogen and oxygen atoms in total. The molecule has 2 aromatic heterocycles. The van der Waals surface area contributed by atoms with Crippen molar-refractivity contribution in [2.75, 3.05) is 36.8 Å². The largest absolute Gasteiger partial charge is 0.418 e. The van der Waals surface area contributed by atoms with Gasteiger partial charge in [-0.25, -0.2) is 19.3 Å². The first kappa shape index (κ1) is 23.7. The average Bonchev–Trinajstić information content (AvgIpc) is 2.76. The van der Waals surface area contributed by atoms with Gasteiger partial charge in [-0.1, -0.05) is 18.2 Å².